The molecule has 0 saturated carbocycles. The molecule has 0 aliphatic rings. The SMILES string of the molecule is COCC(C)NC(N)=NCCCNc1cccc(F)c1. The second-order valence-electron chi connectivity index (χ2n) is 4.56. The average Bonchev–Trinajstić information content (AvgIpc) is 2.38. The molecule has 1 rings (SSSR count). The van der Waals surface area contributed by atoms with Crippen LogP contribution in [0.15, 0.2) is 29.3 Å². The number of aliphatic imine (C=N–C) groups is 1. The van der Waals surface area contributed by atoms with Gasteiger partial charge in [-0.3, -0.25) is 4.99 Å². The lowest BCUT2D eigenvalue weighted by atomic mass is 10.3. The summed E-state index contributed by atoms with van der Waals surface area (Å²) in [6.07, 6.45) is 0.817. The number of nitrogens with one attached hydrogen (secondary N) is 2. The Labute approximate surface area is 119 Å². The van der Waals surface area contributed by atoms with Crippen LogP contribution in [0.4, 0.5) is 10.1 Å². The van der Waals surface area contributed by atoms with Gasteiger partial charge >= 0.3 is 0 Å². The molecular formula is C14H23FN4O. The van der Waals surface area contributed by atoms with E-state index in [1.54, 1.807) is 13.2 Å². The zero-order valence-corrected chi connectivity index (χ0v) is 12.0. The molecule has 0 spiro atoms. The van der Waals surface area contributed by atoms with Gasteiger partial charge in [0.1, 0.15) is 5.82 Å². The average molecular weight is 282 g/mol. The van der Waals surface area contributed by atoms with Crippen molar-refractivity contribution in [3.05, 3.63) is 30.1 Å². The first-order chi connectivity index (χ1) is 9.61. The van der Waals surface area contributed by atoms with Gasteiger partial charge < -0.3 is 21.1 Å². The van der Waals surface area contributed by atoms with Gasteiger partial charge in [-0.2, -0.15) is 0 Å². The maximum atomic E-state index is 12.9. The number of halogens is 1. The van der Waals surface area contributed by atoms with E-state index in [1.807, 2.05) is 13.0 Å². The maximum Gasteiger partial charge on any atom is 0.188 e. The van der Waals surface area contributed by atoms with Crippen LogP contribution in [-0.4, -0.2) is 38.8 Å². The Morgan fingerprint density at radius 3 is 3.00 bits per heavy atom. The lowest BCUT2D eigenvalue weighted by molar-refractivity contribution is 0.179. The minimum atomic E-state index is -0.242. The molecule has 5 nitrogen and oxygen atoms in total. The molecule has 1 aromatic carbocycles. The van der Waals surface area contributed by atoms with Crippen LogP contribution in [0, 0.1) is 5.82 Å². The summed E-state index contributed by atoms with van der Waals surface area (Å²) in [6.45, 7) is 3.88. The molecule has 20 heavy (non-hydrogen) atoms. The molecule has 0 aliphatic heterocycles. The van der Waals surface area contributed by atoms with Gasteiger partial charge in [0.15, 0.2) is 5.96 Å². The number of hydrogen-bond acceptors (Lipinski definition) is 3. The van der Waals surface area contributed by atoms with E-state index in [0.717, 1.165) is 12.1 Å². The standard InChI is InChI=1S/C14H23FN4O/c1-11(10-20-2)19-14(16)18-8-4-7-17-13-6-3-5-12(15)9-13/h3,5-6,9,11,17H,4,7-8,10H2,1-2H3,(H3,16,18,19). The molecule has 0 radical (unpaired) electrons. The van der Waals surface area contributed by atoms with Gasteiger partial charge in [-0.1, -0.05) is 6.07 Å². The fraction of sp³-hybridized carbons (Fsp3) is 0.500. The minimum absolute atomic E-state index is 0.133. The topological polar surface area (TPSA) is 71.7 Å². The van der Waals surface area contributed by atoms with Gasteiger partial charge in [-0.05, 0) is 31.5 Å². The normalized spacial score (nSPS) is 13.1. The van der Waals surface area contributed by atoms with Crippen LogP contribution in [0.1, 0.15) is 13.3 Å². The van der Waals surface area contributed by atoms with Crippen molar-refractivity contribution in [1.82, 2.24) is 5.32 Å². The predicted octanol–water partition coefficient (Wildman–Crippen LogP) is 1.57. The van der Waals surface area contributed by atoms with Crippen LogP contribution in [0.3, 0.4) is 0 Å². The van der Waals surface area contributed by atoms with E-state index in [0.29, 0.717) is 25.7 Å². The number of rotatable bonds is 8. The molecule has 1 atom stereocenters. The second-order valence-corrected chi connectivity index (χ2v) is 4.56. The summed E-state index contributed by atoms with van der Waals surface area (Å²) >= 11 is 0. The number of hydrogen-bond donors (Lipinski definition) is 3. The van der Waals surface area contributed by atoms with Crippen molar-refractivity contribution in [3.8, 4) is 0 Å². The molecule has 1 aromatic rings. The summed E-state index contributed by atoms with van der Waals surface area (Å²) in [5, 5.41) is 6.16. The fourth-order valence-corrected chi connectivity index (χ4v) is 1.70. The highest BCUT2D eigenvalue weighted by atomic mass is 19.1. The molecule has 4 N–H and O–H groups in total. The summed E-state index contributed by atoms with van der Waals surface area (Å²) in [4.78, 5) is 4.21. The summed E-state index contributed by atoms with van der Waals surface area (Å²) in [5.41, 5.74) is 6.50. The Morgan fingerprint density at radius 2 is 2.30 bits per heavy atom. The van der Waals surface area contributed by atoms with E-state index in [2.05, 4.69) is 15.6 Å². The third kappa shape index (κ3) is 6.94. The Bertz CT molecular complexity index is 425. The number of nitrogens with zero attached hydrogens (tertiary/aromatic N) is 1. The van der Waals surface area contributed by atoms with Crippen LogP contribution in [0.2, 0.25) is 0 Å². The molecule has 112 valence electrons. The Balaban J connectivity index is 2.17. The summed E-state index contributed by atoms with van der Waals surface area (Å²) < 4.78 is 17.9. The largest absolute Gasteiger partial charge is 0.385 e. The van der Waals surface area contributed by atoms with E-state index in [4.69, 9.17) is 10.5 Å². The van der Waals surface area contributed by atoms with Gasteiger partial charge in [0.25, 0.3) is 0 Å². The van der Waals surface area contributed by atoms with Crippen molar-refractivity contribution < 1.29 is 9.13 Å². The highest BCUT2D eigenvalue weighted by molar-refractivity contribution is 5.78. The zero-order chi connectivity index (χ0) is 14.8. The number of guanidine groups is 1. The molecule has 0 aliphatic carbocycles. The van der Waals surface area contributed by atoms with Gasteiger partial charge in [0, 0.05) is 31.9 Å². The predicted molar refractivity (Wildman–Crippen MR) is 80.5 cm³/mol. The van der Waals surface area contributed by atoms with Crippen molar-refractivity contribution in [3.63, 3.8) is 0 Å². The quantitative estimate of drug-likeness (QED) is 0.384. The van der Waals surface area contributed by atoms with Crippen molar-refractivity contribution in [2.75, 3.05) is 32.1 Å². The minimum Gasteiger partial charge on any atom is -0.385 e. The van der Waals surface area contributed by atoms with Crippen molar-refractivity contribution in [2.45, 2.75) is 19.4 Å². The Morgan fingerprint density at radius 1 is 1.50 bits per heavy atom. The van der Waals surface area contributed by atoms with Crippen LogP contribution >= 0.6 is 0 Å². The number of benzene rings is 1. The smallest absolute Gasteiger partial charge is 0.188 e. The van der Waals surface area contributed by atoms with E-state index >= 15 is 0 Å². The second kappa shape index (κ2) is 9.14. The number of ether oxygens (including phenoxy) is 1. The molecule has 0 aromatic heterocycles. The van der Waals surface area contributed by atoms with E-state index in [1.165, 1.54) is 12.1 Å². The lowest BCUT2D eigenvalue weighted by Crippen LogP contribution is -2.40. The molecule has 0 amide bonds. The molecule has 0 bridgehead atoms. The van der Waals surface area contributed by atoms with Gasteiger partial charge in [-0.15, -0.1) is 0 Å². The van der Waals surface area contributed by atoms with E-state index in [-0.39, 0.29) is 11.9 Å². The van der Waals surface area contributed by atoms with Gasteiger partial charge in [0.2, 0.25) is 0 Å². The van der Waals surface area contributed by atoms with E-state index < -0.39 is 0 Å². The molecule has 1 unspecified atom stereocenters. The molecule has 0 fully saturated rings. The van der Waals surface area contributed by atoms with Crippen molar-refractivity contribution in [2.24, 2.45) is 10.7 Å². The van der Waals surface area contributed by atoms with E-state index in [9.17, 15) is 4.39 Å². The summed E-state index contributed by atoms with van der Waals surface area (Å²) in [7, 11) is 1.64. The highest BCUT2D eigenvalue weighted by Gasteiger charge is 2.00. The molecular weight excluding hydrogens is 259 g/mol. The van der Waals surface area contributed by atoms with Crippen LogP contribution in [0.5, 0.6) is 0 Å². The first kappa shape index (κ1) is 16.2. The van der Waals surface area contributed by atoms with Gasteiger partial charge in [-0.25, -0.2) is 4.39 Å². The van der Waals surface area contributed by atoms with Crippen LogP contribution in [-0.2, 0) is 4.74 Å². The van der Waals surface area contributed by atoms with Crippen molar-refractivity contribution in [1.29, 1.82) is 0 Å². The highest BCUT2D eigenvalue weighted by Crippen LogP contribution is 2.08. The molecule has 0 heterocycles. The summed E-state index contributed by atoms with van der Waals surface area (Å²) in [5.74, 6) is 0.175. The number of methoxy groups -OCH3 is 1. The first-order valence-corrected chi connectivity index (χ1v) is 6.66. The van der Waals surface area contributed by atoms with Crippen LogP contribution in [0.25, 0.3) is 0 Å². The monoisotopic (exact) mass is 282 g/mol. The summed E-state index contributed by atoms with van der Waals surface area (Å²) in [6, 6.07) is 6.52. The Kier molecular flexibility index (Phi) is 7.42. The van der Waals surface area contributed by atoms with Crippen molar-refractivity contribution >= 4 is 11.6 Å². The number of nitrogens with two attached hydrogens (primary N) is 1. The fourth-order valence-electron chi connectivity index (χ4n) is 1.70. The molecule has 0 saturated heterocycles. The zero-order valence-electron chi connectivity index (χ0n) is 12.0. The third-order valence-electron chi connectivity index (χ3n) is 2.58. The van der Waals surface area contributed by atoms with Gasteiger partial charge in [0.05, 0.1) is 6.61 Å². The first-order valence-electron chi connectivity index (χ1n) is 6.66. The number of anilines is 1. The Hall–Kier alpha value is -1.82. The third-order valence-corrected chi connectivity index (χ3v) is 2.58. The maximum absolute atomic E-state index is 12.9. The lowest BCUT2D eigenvalue weighted by Gasteiger charge is -2.13. The van der Waals surface area contributed by atoms with Crippen LogP contribution < -0.4 is 16.4 Å². The molecule has 6 heteroatoms.